The van der Waals surface area contributed by atoms with Crippen LogP contribution in [0.3, 0.4) is 0 Å². The van der Waals surface area contributed by atoms with Crippen LogP contribution in [0.4, 0.5) is 0 Å². The first-order chi connectivity index (χ1) is 7.50. The third kappa shape index (κ3) is 3.14. The van der Waals surface area contributed by atoms with Crippen LogP contribution in [0.1, 0.15) is 39.5 Å². The fourth-order valence-electron chi connectivity index (χ4n) is 2.18. The monoisotopic (exact) mass is 244 g/mol. The Labute approximate surface area is 103 Å². The van der Waals surface area contributed by atoms with Gasteiger partial charge < -0.3 is 11.1 Å². The Morgan fingerprint density at radius 2 is 2.38 bits per heavy atom. The lowest BCUT2D eigenvalue weighted by Crippen LogP contribution is -2.47. The zero-order valence-corrected chi connectivity index (χ0v) is 11.4. The maximum atomic E-state index is 12.0. The molecule has 1 amide bonds. The third-order valence-corrected chi connectivity index (χ3v) is 4.83. The molecule has 3 unspecified atom stereocenters. The second kappa shape index (κ2) is 5.92. The van der Waals surface area contributed by atoms with Crippen molar-refractivity contribution >= 4 is 17.7 Å². The zero-order valence-electron chi connectivity index (χ0n) is 10.6. The summed E-state index contributed by atoms with van der Waals surface area (Å²) in [6.07, 6.45) is 6.11. The van der Waals surface area contributed by atoms with E-state index in [0.29, 0.717) is 5.25 Å². The average molecular weight is 244 g/mol. The Morgan fingerprint density at radius 1 is 1.69 bits per heavy atom. The lowest BCUT2D eigenvalue weighted by atomic mass is 9.84. The summed E-state index contributed by atoms with van der Waals surface area (Å²) in [5, 5.41) is 3.63. The van der Waals surface area contributed by atoms with Crippen molar-refractivity contribution in [3.05, 3.63) is 0 Å². The van der Waals surface area contributed by atoms with Crippen LogP contribution in [0.2, 0.25) is 0 Å². The molecule has 3 N–H and O–H groups in total. The third-order valence-electron chi connectivity index (χ3n) is 3.79. The van der Waals surface area contributed by atoms with Crippen molar-refractivity contribution in [2.24, 2.45) is 11.1 Å². The lowest BCUT2D eigenvalue weighted by molar-refractivity contribution is -0.130. The normalized spacial score (nSPS) is 31.4. The Kier molecular flexibility index (Phi) is 5.12. The molecule has 3 atom stereocenters. The predicted molar refractivity (Wildman–Crippen MR) is 70.5 cm³/mol. The van der Waals surface area contributed by atoms with Crippen molar-refractivity contribution in [3.8, 4) is 0 Å². The number of thioether (sulfide) groups is 1. The summed E-state index contributed by atoms with van der Waals surface area (Å²) in [5.74, 6) is 0.144. The number of nitrogens with one attached hydrogen (secondary N) is 1. The van der Waals surface area contributed by atoms with Crippen LogP contribution in [0.25, 0.3) is 0 Å². The molecule has 0 aliphatic heterocycles. The van der Waals surface area contributed by atoms with E-state index < -0.39 is 0 Å². The van der Waals surface area contributed by atoms with E-state index in [1.54, 1.807) is 0 Å². The molecule has 0 aromatic carbocycles. The highest BCUT2D eigenvalue weighted by Crippen LogP contribution is 2.36. The summed E-state index contributed by atoms with van der Waals surface area (Å²) >= 11 is 1.83. The van der Waals surface area contributed by atoms with Crippen molar-refractivity contribution < 1.29 is 4.79 Å². The quantitative estimate of drug-likeness (QED) is 0.775. The van der Waals surface area contributed by atoms with Gasteiger partial charge >= 0.3 is 0 Å². The van der Waals surface area contributed by atoms with E-state index in [4.69, 9.17) is 5.73 Å². The van der Waals surface area contributed by atoms with E-state index in [1.165, 1.54) is 0 Å². The van der Waals surface area contributed by atoms with E-state index >= 15 is 0 Å². The van der Waals surface area contributed by atoms with Gasteiger partial charge in [0.1, 0.15) is 0 Å². The van der Waals surface area contributed by atoms with Crippen LogP contribution < -0.4 is 11.1 Å². The first-order valence-electron chi connectivity index (χ1n) is 6.07. The molecular weight excluding hydrogens is 220 g/mol. The molecule has 0 radical (unpaired) electrons. The smallest absolute Gasteiger partial charge is 0.227 e. The minimum Gasteiger partial charge on any atom is -0.356 e. The molecule has 1 rings (SSSR count). The van der Waals surface area contributed by atoms with Crippen LogP contribution in [0.5, 0.6) is 0 Å². The van der Waals surface area contributed by atoms with Gasteiger partial charge in [0.2, 0.25) is 5.91 Å². The number of nitrogens with two attached hydrogens (primary N) is 1. The largest absolute Gasteiger partial charge is 0.356 e. The summed E-state index contributed by atoms with van der Waals surface area (Å²) in [4.78, 5) is 12.0. The van der Waals surface area contributed by atoms with Gasteiger partial charge in [0.15, 0.2) is 0 Å². The van der Waals surface area contributed by atoms with Crippen molar-refractivity contribution in [2.75, 3.05) is 12.8 Å². The Bertz CT molecular complexity index is 247. The number of hydrogen-bond acceptors (Lipinski definition) is 3. The summed E-state index contributed by atoms with van der Waals surface area (Å²) in [6.45, 7) is 4.95. The SMILES string of the molecule is CSC(C)CCNC(=O)C1(C)CCCC1N. The molecule has 0 bridgehead atoms. The topological polar surface area (TPSA) is 55.1 Å². The first-order valence-corrected chi connectivity index (χ1v) is 7.36. The van der Waals surface area contributed by atoms with Gasteiger partial charge in [0.05, 0.1) is 5.41 Å². The molecule has 4 heteroatoms. The van der Waals surface area contributed by atoms with Crippen LogP contribution in [0.15, 0.2) is 0 Å². The second-order valence-corrected chi connectivity index (χ2v) is 6.28. The van der Waals surface area contributed by atoms with Gasteiger partial charge in [-0.3, -0.25) is 4.79 Å². The fraction of sp³-hybridized carbons (Fsp3) is 0.917. The number of carbonyl (C=O) groups is 1. The summed E-state index contributed by atoms with van der Waals surface area (Å²) < 4.78 is 0. The molecular formula is C12H24N2OS. The van der Waals surface area contributed by atoms with Gasteiger partial charge in [-0.1, -0.05) is 13.3 Å². The highest BCUT2D eigenvalue weighted by Gasteiger charge is 2.42. The molecule has 0 aromatic heterocycles. The first kappa shape index (κ1) is 13.8. The maximum absolute atomic E-state index is 12.0. The fourth-order valence-corrected chi connectivity index (χ4v) is 2.54. The predicted octanol–water partition coefficient (Wildman–Crippen LogP) is 1.76. The second-order valence-electron chi connectivity index (χ2n) is 5.01. The average Bonchev–Trinajstić information content (AvgIpc) is 2.60. The number of carbonyl (C=O) groups excluding carboxylic acids is 1. The van der Waals surface area contributed by atoms with E-state index in [-0.39, 0.29) is 17.4 Å². The van der Waals surface area contributed by atoms with Gasteiger partial charge in [-0.2, -0.15) is 11.8 Å². The van der Waals surface area contributed by atoms with Gasteiger partial charge in [-0.05, 0) is 32.4 Å². The van der Waals surface area contributed by atoms with E-state index in [9.17, 15) is 4.79 Å². The number of amides is 1. The highest BCUT2D eigenvalue weighted by atomic mass is 32.2. The van der Waals surface area contributed by atoms with Crippen LogP contribution in [-0.2, 0) is 4.79 Å². The highest BCUT2D eigenvalue weighted by molar-refractivity contribution is 7.99. The van der Waals surface area contributed by atoms with Crippen molar-refractivity contribution in [2.45, 2.75) is 50.8 Å². The van der Waals surface area contributed by atoms with Gasteiger partial charge in [0, 0.05) is 17.8 Å². The minimum atomic E-state index is -0.331. The molecule has 16 heavy (non-hydrogen) atoms. The molecule has 94 valence electrons. The minimum absolute atomic E-state index is 0.0328. The standard InChI is InChI=1S/C12H24N2OS/c1-9(16-3)6-8-14-11(15)12(2)7-4-5-10(12)13/h9-10H,4-8,13H2,1-3H3,(H,14,15). The van der Waals surface area contributed by atoms with E-state index in [2.05, 4.69) is 18.5 Å². The molecule has 1 fully saturated rings. The van der Waals surface area contributed by atoms with Gasteiger partial charge in [-0.25, -0.2) is 0 Å². The lowest BCUT2D eigenvalue weighted by Gasteiger charge is -2.27. The van der Waals surface area contributed by atoms with Crippen molar-refractivity contribution in [3.63, 3.8) is 0 Å². The molecule has 3 nitrogen and oxygen atoms in total. The van der Waals surface area contributed by atoms with Crippen LogP contribution >= 0.6 is 11.8 Å². The Balaban J connectivity index is 2.35. The molecule has 0 aromatic rings. The molecule has 0 heterocycles. The van der Waals surface area contributed by atoms with E-state index in [0.717, 1.165) is 32.2 Å². The summed E-state index contributed by atoms with van der Waals surface area (Å²) in [5.41, 5.74) is 5.68. The van der Waals surface area contributed by atoms with Crippen molar-refractivity contribution in [1.29, 1.82) is 0 Å². The van der Waals surface area contributed by atoms with E-state index in [1.807, 2.05) is 18.7 Å². The Hall–Kier alpha value is -0.220. The van der Waals surface area contributed by atoms with Crippen LogP contribution in [0, 0.1) is 5.41 Å². The molecule has 0 spiro atoms. The van der Waals surface area contributed by atoms with Gasteiger partial charge in [-0.15, -0.1) is 0 Å². The molecule has 0 saturated heterocycles. The van der Waals surface area contributed by atoms with Crippen molar-refractivity contribution in [1.82, 2.24) is 5.32 Å². The zero-order chi connectivity index (χ0) is 12.2. The number of rotatable bonds is 5. The molecule has 1 saturated carbocycles. The van der Waals surface area contributed by atoms with Gasteiger partial charge in [0.25, 0.3) is 0 Å². The van der Waals surface area contributed by atoms with Crippen LogP contribution in [-0.4, -0.2) is 30.0 Å². The summed E-state index contributed by atoms with van der Waals surface area (Å²) in [7, 11) is 0. The molecule has 1 aliphatic rings. The molecule has 1 aliphatic carbocycles. The number of hydrogen-bond donors (Lipinski definition) is 2. The maximum Gasteiger partial charge on any atom is 0.227 e. The Morgan fingerprint density at radius 3 is 2.88 bits per heavy atom. The summed E-state index contributed by atoms with van der Waals surface area (Å²) in [6, 6.07) is 0.0328.